The number of aryl methyl sites for hydroxylation is 1. The molecule has 2 atom stereocenters. The van der Waals surface area contributed by atoms with E-state index in [0.717, 1.165) is 47.6 Å². The van der Waals surface area contributed by atoms with Gasteiger partial charge in [0.15, 0.2) is 0 Å². The zero-order valence-electron chi connectivity index (χ0n) is 13.7. The number of rotatable bonds is 4. The maximum Gasteiger partial charge on any atom is 0.137 e. The molecule has 0 bridgehead atoms. The number of aromatic nitrogens is 2. The van der Waals surface area contributed by atoms with Crippen molar-refractivity contribution in [1.82, 2.24) is 15.0 Å². The molecule has 1 aliphatic heterocycles. The number of hydrogen-bond donors (Lipinski definition) is 1. The molecule has 2 aromatic heterocycles. The highest BCUT2D eigenvalue weighted by molar-refractivity contribution is 5.78. The number of para-hydroxylation sites is 1. The lowest BCUT2D eigenvalue weighted by Crippen LogP contribution is -2.21. The summed E-state index contributed by atoms with van der Waals surface area (Å²) in [6.45, 7) is 4.19. The Morgan fingerprint density at radius 3 is 2.92 bits per heavy atom. The summed E-state index contributed by atoms with van der Waals surface area (Å²) in [4.78, 5) is 6.98. The molecular formula is C19H21N3O2. The van der Waals surface area contributed by atoms with Gasteiger partial charge in [-0.25, -0.2) is 0 Å². The smallest absolute Gasteiger partial charge is 0.137 e. The Kier molecular flexibility index (Phi) is 4.04. The highest BCUT2D eigenvalue weighted by atomic mass is 16.5. The Morgan fingerprint density at radius 1 is 1.21 bits per heavy atom. The van der Waals surface area contributed by atoms with E-state index in [2.05, 4.69) is 28.3 Å². The monoisotopic (exact) mass is 323 g/mol. The molecule has 0 amide bonds. The van der Waals surface area contributed by atoms with Gasteiger partial charge in [0.05, 0.1) is 23.0 Å². The minimum atomic E-state index is -0.337. The zero-order chi connectivity index (χ0) is 16.5. The van der Waals surface area contributed by atoms with E-state index >= 15 is 0 Å². The first-order valence-electron chi connectivity index (χ1n) is 8.34. The first kappa shape index (κ1) is 15.3. The van der Waals surface area contributed by atoms with Gasteiger partial charge in [0.1, 0.15) is 5.76 Å². The summed E-state index contributed by atoms with van der Waals surface area (Å²) in [5, 5.41) is 15.4. The van der Waals surface area contributed by atoms with Crippen LogP contribution < -0.4 is 0 Å². The van der Waals surface area contributed by atoms with Crippen LogP contribution in [0.2, 0.25) is 0 Å². The maximum atomic E-state index is 10.4. The van der Waals surface area contributed by atoms with Gasteiger partial charge in [-0.15, -0.1) is 0 Å². The van der Waals surface area contributed by atoms with E-state index in [1.165, 1.54) is 0 Å². The van der Waals surface area contributed by atoms with E-state index < -0.39 is 0 Å². The van der Waals surface area contributed by atoms with Crippen LogP contribution in [0.5, 0.6) is 0 Å². The lowest BCUT2D eigenvalue weighted by molar-refractivity contribution is 0.137. The normalized spacial score (nSPS) is 21.6. The fourth-order valence-corrected chi connectivity index (χ4v) is 3.47. The van der Waals surface area contributed by atoms with Crippen LogP contribution in [0, 0.1) is 12.8 Å². The van der Waals surface area contributed by atoms with E-state index in [1.54, 1.807) is 0 Å². The molecule has 1 aliphatic rings. The van der Waals surface area contributed by atoms with Crippen molar-refractivity contribution >= 4 is 10.9 Å². The molecule has 0 saturated carbocycles. The Labute approximate surface area is 140 Å². The predicted octanol–water partition coefficient (Wildman–Crippen LogP) is 2.57. The summed E-state index contributed by atoms with van der Waals surface area (Å²) in [7, 11) is 0. The number of likely N-dealkylation sites (tertiary alicyclic amines) is 1. The first-order valence-corrected chi connectivity index (χ1v) is 8.34. The van der Waals surface area contributed by atoms with E-state index in [-0.39, 0.29) is 12.0 Å². The molecule has 0 aliphatic carbocycles. The molecule has 5 heteroatoms. The summed E-state index contributed by atoms with van der Waals surface area (Å²) >= 11 is 0. The van der Waals surface area contributed by atoms with Crippen LogP contribution in [0.4, 0.5) is 0 Å². The minimum absolute atomic E-state index is 0.179. The molecule has 4 rings (SSSR count). The average molecular weight is 323 g/mol. The molecule has 0 unspecified atom stereocenters. The van der Waals surface area contributed by atoms with Crippen LogP contribution in [0.3, 0.4) is 0 Å². The SMILES string of the molecule is Cc1cc(C[C@@H]2CN(Cc3ccc4ccccc4n3)C[C@@H]2O)on1. The molecule has 5 nitrogen and oxygen atoms in total. The number of hydrogen-bond acceptors (Lipinski definition) is 5. The molecule has 24 heavy (non-hydrogen) atoms. The fourth-order valence-electron chi connectivity index (χ4n) is 3.47. The van der Waals surface area contributed by atoms with Crippen LogP contribution in [0.25, 0.3) is 10.9 Å². The zero-order valence-corrected chi connectivity index (χ0v) is 13.7. The Morgan fingerprint density at radius 2 is 2.08 bits per heavy atom. The van der Waals surface area contributed by atoms with Crippen molar-refractivity contribution < 1.29 is 9.63 Å². The number of benzene rings is 1. The second-order valence-electron chi connectivity index (χ2n) is 6.66. The van der Waals surface area contributed by atoms with Gasteiger partial charge < -0.3 is 9.63 Å². The van der Waals surface area contributed by atoms with Crippen LogP contribution in [-0.2, 0) is 13.0 Å². The van der Waals surface area contributed by atoms with Crippen molar-refractivity contribution in [2.45, 2.75) is 26.0 Å². The van der Waals surface area contributed by atoms with E-state index in [0.29, 0.717) is 6.54 Å². The van der Waals surface area contributed by atoms with Gasteiger partial charge in [-0.05, 0) is 19.1 Å². The Balaban J connectivity index is 1.43. The molecule has 0 spiro atoms. The third kappa shape index (κ3) is 3.18. The maximum absolute atomic E-state index is 10.4. The molecule has 0 radical (unpaired) electrons. The lowest BCUT2D eigenvalue weighted by atomic mass is 10.0. The topological polar surface area (TPSA) is 62.4 Å². The third-order valence-corrected chi connectivity index (χ3v) is 4.66. The number of pyridine rings is 1. The van der Waals surface area contributed by atoms with Crippen LogP contribution in [0.1, 0.15) is 17.1 Å². The summed E-state index contributed by atoms with van der Waals surface area (Å²) in [5.74, 6) is 1.03. The van der Waals surface area contributed by atoms with Crippen molar-refractivity contribution in [2.75, 3.05) is 13.1 Å². The van der Waals surface area contributed by atoms with Gasteiger partial charge in [-0.2, -0.15) is 0 Å². The quantitative estimate of drug-likeness (QED) is 0.799. The number of aliphatic hydroxyl groups excluding tert-OH is 1. The molecule has 1 aromatic carbocycles. The summed E-state index contributed by atoms with van der Waals surface area (Å²) < 4.78 is 5.28. The second kappa shape index (κ2) is 6.34. The van der Waals surface area contributed by atoms with Crippen molar-refractivity contribution in [3.8, 4) is 0 Å². The van der Waals surface area contributed by atoms with Crippen LogP contribution in [0.15, 0.2) is 47.0 Å². The van der Waals surface area contributed by atoms with Gasteiger partial charge in [-0.3, -0.25) is 9.88 Å². The highest BCUT2D eigenvalue weighted by Crippen LogP contribution is 2.23. The van der Waals surface area contributed by atoms with Gasteiger partial charge in [-0.1, -0.05) is 29.4 Å². The van der Waals surface area contributed by atoms with Gasteiger partial charge in [0.2, 0.25) is 0 Å². The van der Waals surface area contributed by atoms with Crippen LogP contribution >= 0.6 is 0 Å². The van der Waals surface area contributed by atoms with Crippen molar-refractivity contribution in [2.24, 2.45) is 5.92 Å². The summed E-state index contributed by atoms with van der Waals surface area (Å²) in [5.41, 5.74) is 2.94. The lowest BCUT2D eigenvalue weighted by Gasteiger charge is -2.15. The molecule has 3 heterocycles. The van der Waals surface area contributed by atoms with Gasteiger partial charge >= 0.3 is 0 Å². The molecule has 1 fully saturated rings. The molecule has 1 saturated heterocycles. The fraction of sp³-hybridized carbons (Fsp3) is 0.368. The van der Waals surface area contributed by atoms with E-state index in [9.17, 15) is 5.11 Å². The van der Waals surface area contributed by atoms with Gasteiger partial charge in [0.25, 0.3) is 0 Å². The molecule has 3 aromatic rings. The Bertz CT molecular complexity index is 845. The molecular weight excluding hydrogens is 302 g/mol. The second-order valence-corrected chi connectivity index (χ2v) is 6.66. The standard InChI is InChI=1S/C19H21N3O2/c1-13-8-17(24-21-13)9-15-10-22(12-19(15)23)11-16-7-6-14-4-2-3-5-18(14)20-16/h2-8,15,19,23H,9-12H2,1H3/t15-,19+/m1/s1. The average Bonchev–Trinajstić information content (AvgIpc) is 3.13. The minimum Gasteiger partial charge on any atom is -0.391 e. The van der Waals surface area contributed by atoms with E-state index in [1.807, 2.05) is 31.2 Å². The predicted molar refractivity (Wildman–Crippen MR) is 91.5 cm³/mol. The Hall–Kier alpha value is -2.24. The van der Waals surface area contributed by atoms with E-state index in [4.69, 9.17) is 9.51 Å². The summed E-state index contributed by atoms with van der Waals surface area (Å²) in [6.07, 6.45) is 0.389. The number of β-amino-alcohol motifs (C(OH)–C–C–N with tert-alkyl or cyclic N) is 1. The third-order valence-electron chi connectivity index (χ3n) is 4.66. The summed E-state index contributed by atoms with van der Waals surface area (Å²) in [6, 6.07) is 14.3. The van der Waals surface area contributed by atoms with Crippen LogP contribution in [-0.4, -0.2) is 39.3 Å². The number of fused-ring (bicyclic) bond motifs is 1. The first-order chi connectivity index (χ1) is 11.7. The van der Waals surface area contributed by atoms with Crippen molar-refractivity contribution in [1.29, 1.82) is 0 Å². The highest BCUT2D eigenvalue weighted by Gasteiger charge is 2.32. The largest absolute Gasteiger partial charge is 0.391 e. The van der Waals surface area contributed by atoms with Crippen molar-refractivity contribution in [3.63, 3.8) is 0 Å². The molecule has 1 N–H and O–H groups in total. The van der Waals surface area contributed by atoms with Crippen molar-refractivity contribution in [3.05, 3.63) is 59.6 Å². The molecule has 124 valence electrons. The number of aliphatic hydroxyl groups is 1. The number of nitrogens with zero attached hydrogens (tertiary/aromatic N) is 3. The van der Waals surface area contributed by atoms with Gasteiger partial charge in [0, 0.05) is 43.4 Å².